The molecular formula is C24H32N2O4S2. The highest BCUT2D eigenvalue weighted by molar-refractivity contribution is 7.89. The number of piperazine rings is 1. The first kappa shape index (κ1) is 24.6. The fraction of sp³-hybridized carbons (Fsp3) is 0.458. The number of carbonyl (C=O) groups excluding carboxylic acids is 1. The monoisotopic (exact) mass is 476 g/mol. The topological polar surface area (TPSA) is 74.8 Å². The van der Waals surface area contributed by atoms with Crippen molar-refractivity contribution in [1.29, 1.82) is 0 Å². The normalized spacial score (nSPS) is 16.2. The van der Waals surface area contributed by atoms with Crippen LogP contribution in [0.2, 0.25) is 0 Å². The quantitative estimate of drug-likeness (QED) is 0.664. The zero-order valence-electron chi connectivity index (χ0n) is 19.7. The van der Waals surface area contributed by atoms with Crippen LogP contribution in [0.15, 0.2) is 29.2 Å². The van der Waals surface area contributed by atoms with Gasteiger partial charge in [-0.25, -0.2) is 8.42 Å². The first-order chi connectivity index (χ1) is 14.9. The summed E-state index contributed by atoms with van der Waals surface area (Å²) in [5.74, 6) is 0.279. The summed E-state index contributed by atoms with van der Waals surface area (Å²) < 4.78 is 40.1. The molecule has 0 radical (unpaired) electrons. The molecule has 0 bridgehead atoms. The van der Waals surface area contributed by atoms with Crippen LogP contribution in [0.5, 0.6) is 0 Å². The van der Waals surface area contributed by atoms with Gasteiger partial charge in [0.25, 0.3) is 5.91 Å². The lowest BCUT2D eigenvalue weighted by atomic mass is 9.95. The molecule has 1 fully saturated rings. The van der Waals surface area contributed by atoms with E-state index >= 15 is 0 Å². The number of hydrogen-bond acceptors (Lipinski definition) is 4. The third kappa shape index (κ3) is 4.67. The van der Waals surface area contributed by atoms with Gasteiger partial charge < -0.3 is 4.90 Å². The third-order valence-electron chi connectivity index (χ3n) is 6.60. The van der Waals surface area contributed by atoms with Crippen LogP contribution in [-0.2, 0) is 26.6 Å². The van der Waals surface area contributed by atoms with E-state index in [1.54, 1.807) is 29.4 Å². The zero-order chi connectivity index (χ0) is 23.8. The lowest BCUT2D eigenvalue weighted by Crippen LogP contribution is -2.50. The highest BCUT2D eigenvalue weighted by Crippen LogP contribution is 2.32. The highest BCUT2D eigenvalue weighted by atomic mass is 32.2. The molecule has 0 N–H and O–H groups in total. The molecule has 1 heterocycles. The molecule has 0 aromatic heterocycles. The molecule has 1 aliphatic heterocycles. The molecule has 174 valence electrons. The SMILES string of the molecule is Cc1c(C)c(C)c(S(=O)(=O)N2CCN(C(=O)c3cccc(CS(C)=O)c3)CC2)c(C)c1C. The molecule has 1 unspecified atom stereocenters. The fourth-order valence-corrected chi connectivity index (χ4v) is 6.96. The van der Waals surface area contributed by atoms with Gasteiger partial charge in [-0.3, -0.25) is 9.00 Å². The number of rotatable bonds is 5. The van der Waals surface area contributed by atoms with Gasteiger partial charge in [-0.05, 0) is 80.1 Å². The van der Waals surface area contributed by atoms with Crippen molar-refractivity contribution >= 4 is 26.7 Å². The molecule has 2 aromatic carbocycles. The van der Waals surface area contributed by atoms with Crippen molar-refractivity contribution in [3.8, 4) is 0 Å². The maximum Gasteiger partial charge on any atom is 0.253 e. The van der Waals surface area contributed by atoms with Crippen molar-refractivity contribution in [2.45, 2.75) is 45.3 Å². The summed E-state index contributed by atoms with van der Waals surface area (Å²) in [5.41, 5.74) is 6.14. The van der Waals surface area contributed by atoms with Crippen molar-refractivity contribution in [1.82, 2.24) is 9.21 Å². The van der Waals surface area contributed by atoms with Gasteiger partial charge >= 0.3 is 0 Å². The molecule has 1 aliphatic rings. The van der Waals surface area contributed by atoms with Crippen molar-refractivity contribution in [2.24, 2.45) is 0 Å². The largest absolute Gasteiger partial charge is 0.336 e. The molecule has 0 saturated carbocycles. The van der Waals surface area contributed by atoms with Crippen LogP contribution >= 0.6 is 0 Å². The molecule has 0 spiro atoms. The summed E-state index contributed by atoms with van der Waals surface area (Å²) in [6.07, 6.45) is 1.63. The predicted octanol–water partition coefficient (Wildman–Crippen LogP) is 3.25. The highest BCUT2D eigenvalue weighted by Gasteiger charge is 2.33. The lowest BCUT2D eigenvalue weighted by molar-refractivity contribution is 0.0697. The molecule has 0 aliphatic carbocycles. The van der Waals surface area contributed by atoms with E-state index in [0.717, 1.165) is 33.4 Å². The van der Waals surface area contributed by atoms with E-state index in [4.69, 9.17) is 0 Å². The van der Waals surface area contributed by atoms with Gasteiger partial charge in [0, 0.05) is 54.6 Å². The van der Waals surface area contributed by atoms with Gasteiger partial charge in [0.05, 0.1) is 4.90 Å². The Labute approximate surface area is 194 Å². The molecule has 1 saturated heterocycles. The smallest absolute Gasteiger partial charge is 0.253 e. The molecule has 2 aromatic rings. The Kier molecular flexibility index (Phi) is 7.27. The van der Waals surface area contributed by atoms with Gasteiger partial charge in [-0.15, -0.1) is 0 Å². The fourth-order valence-electron chi connectivity index (χ4n) is 4.32. The summed E-state index contributed by atoms with van der Waals surface area (Å²) in [6, 6.07) is 7.18. The zero-order valence-corrected chi connectivity index (χ0v) is 21.3. The Bertz CT molecular complexity index is 1150. The van der Waals surface area contributed by atoms with Crippen LogP contribution in [0.4, 0.5) is 0 Å². The number of sulfonamides is 1. The first-order valence-corrected chi connectivity index (χ1v) is 13.9. The van der Waals surface area contributed by atoms with Gasteiger partial charge in [-0.1, -0.05) is 12.1 Å². The van der Waals surface area contributed by atoms with E-state index in [0.29, 0.717) is 29.3 Å². The second-order valence-electron chi connectivity index (χ2n) is 8.57. The van der Waals surface area contributed by atoms with Gasteiger partial charge in [0.15, 0.2) is 0 Å². The average molecular weight is 477 g/mol. The molecule has 3 rings (SSSR count). The van der Waals surface area contributed by atoms with Crippen molar-refractivity contribution in [3.05, 3.63) is 63.2 Å². The third-order valence-corrected chi connectivity index (χ3v) is 9.51. The minimum atomic E-state index is -3.66. The Hall–Kier alpha value is -2.03. The molecule has 1 atom stereocenters. The number of benzene rings is 2. The minimum absolute atomic E-state index is 0.125. The minimum Gasteiger partial charge on any atom is -0.336 e. The second kappa shape index (κ2) is 9.45. The Morgan fingerprint density at radius 1 is 0.906 bits per heavy atom. The van der Waals surface area contributed by atoms with Crippen molar-refractivity contribution < 1.29 is 17.4 Å². The van der Waals surface area contributed by atoms with E-state index in [2.05, 4.69) is 0 Å². The average Bonchev–Trinajstić information content (AvgIpc) is 2.75. The summed E-state index contributed by atoms with van der Waals surface area (Å²) in [4.78, 5) is 15.1. The number of hydrogen-bond donors (Lipinski definition) is 0. The predicted molar refractivity (Wildman–Crippen MR) is 129 cm³/mol. The molecule has 8 heteroatoms. The van der Waals surface area contributed by atoms with Crippen LogP contribution in [0.3, 0.4) is 0 Å². The van der Waals surface area contributed by atoms with Crippen molar-refractivity contribution in [2.75, 3.05) is 32.4 Å². The molecular weight excluding hydrogens is 444 g/mol. The van der Waals surface area contributed by atoms with Gasteiger partial charge in [0.2, 0.25) is 10.0 Å². The van der Waals surface area contributed by atoms with Crippen molar-refractivity contribution in [3.63, 3.8) is 0 Å². The number of nitrogens with zero attached hydrogens (tertiary/aromatic N) is 2. The molecule has 1 amide bonds. The lowest BCUT2D eigenvalue weighted by Gasteiger charge is -2.35. The van der Waals surface area contributed by atoms with E-state index < -0.39 is 20.8 Å². The molecule has 32 heavy (non-hydrogen) atoms. The van der Waals surface area contributed by atoms with Crippen LogP contribution < -0.4 is 0 Å². The maximum atomic E-state index is 13.5. The van der Waals surface area contributed by atoms with Crippen LogP contribution in [0.1, 0.15) is 43.7 Å². The van der Waals surface area contributed by atoms with Crippen LogP contribution in [0.25, 0.3) is 0 Å². The number of carbonyl (C=O) groups is 1. The first-order valence-electron chi connectivity index (χ1n) is 10.7. The van der Waals surface area contributed by atoms with Crippen LogP contribution in [0, 0.1) is 34.6 Å². The Balaban J connectivity index is 1.79. The maximum absolute atomic E-state index is 13.5. The summed E-state index contributed by atoms with van der Waals surface area (Å²) in [5, 5.41) is 0. The van der Waals surface area contributed by atoms with Crippen LogP contribution in [-0.4, -0.2) is 60.2 Å². The Morgan fingerprint density at radius 3 is 1.97 bits per heavy atom. The summed E-state index contributed by atoms with van der Waals surface area (Å²) >= 11 is 0. The van der Waals surface area contributed by atoms with Gasteiger partial charge in [0.1, 0.15) is 0 Å². The summed E-state index contributed by atoms with van der Waals surface area (Å²) in [6.45, 7) is 10.9. The van der Waals surface area contributed by atoms with E-state index in [9.17, 15) is 17.4 Å². The number of amides is 1. The standard InChI is InChI=1S/C24H32N2O4S2/c1-16-17(2)19(4)23(20(5)18(16)3)32(29,30)26-12-10-25(11-13-26)24(27)22-9-7-8-21(14-22)15-31(6)28/h7-9,14H,10-13,15H2,1-6H3. The summed E-state index contributed by atoms with van der Waals surface area (Å²) in [7, 11) is -4.64. The van der Waals surface area contributed by atoms with E-state index in [1.165, 1.54) is 4.31 Å². The van der Waals surface area contributed by atoms with E-state index in [1.807, 2.05) is 40.7 Å². The molecule has 6 nitrogen and oxygen atoms in total. The van der Waals surface area contributed by atoms with Gasteiger partial charge in [-0.2, -0.15) is 4.31 Å². The Morgan fingerprint density at radius 2 is 1.44 bits per heavy atom. The second-order valence-corrected chi connectivity index (χ2v) is 11.9. The van der Waals surface area contributed by atoms with E-state index in [-0.39, 0.29) is 19.0 Å².